The van der Waals surface area contributed by atoms with Crippen molar-refractivity contribution in [1.82, 2.24) is 9.97 Å². The summed E-state index contributed by atoms with van der Waals surface area (Å²) in [4.78, 5) is 8.34. The van der Waals surface area contributed by atoms with Gasteiger partial charge in [-0.05, 0) is 19.8 Å². The van der Waals surface area contributed by atoms with Crippen LogP contribution in [0.1, 0.15) is 30.3 Å². The molecule has 0 radical (unpaired) electrons. The van der Waals surface area contributed by atoms with Crippen LogP contribution in [0.15, 0.2) is 12.4 Å². The van der Waals surface area contributed by atoms with Gasteiger partial charge in [0.05, 0.1) is 12.2 Å². The fourth-order valence-electron chi connectivity index (χ4n) is 1.88. The van der Waals surface area contributed by atoms with E-state index in [4.69, 9.17) is 15.2 Å². The fraction of sp³-hybridized carbons (Fsp3) is 0.667. The number of hydrogen-bond donors (Lipinski definition) is 1. The van der Waals surface area contributed by atoms with E-state index < -0.39 is 0 Å². The van der Waals surface area contributed by atoms with Crippen molar-refractivity contribution in [1.29, 1.82) is 0 Å². The van der Waals surface area contributed by atoms with Crippen LogP contribution in [0.2, 0.25) is 0 Å². The topological polar surface area (TPSA) is 70.3 Å². The van der Waals surface area contributed by atoms with Crippen LogP contribution in [0.5, 0.6) is 0 Å². The van der Waals surface area contributed by atoms with Crippen molar-refractivity contribution in [3.05, 3.63) is 23.8 Å². The van der Waals surface area contributed by atoms with Gasteiger partial charge >= 0.3 is 0 Å². The van der Waals surface area contributed by atoms with Gasteiger partial charge in [0.2, 0.25) is 0 Å². The zero-order chi connectivity index (χ0) is 12.1. The largest absolute Gasteiger partial charge is 0.381 e. The molecule has 1 atom stereocenters. The van der Waals surface area contributed by atoms with Crippen LogP contribution in [0.4, 0.5) is 0 Å². The molecule has 2 rings (SSSR count). The first-order chi connectivity index (χ1) is 8.29. The number of rotatable bonds is 4. The Kier molecular flexibility index (Phi) is 4.42. The second kappa shape index (κ2) is 6.05. The van der Waals surface area contributed by atoms with Crippen LogP contribution in [-0.2, 0) is 9.47 Å². The predicted molar refractivity (Wildman–Crippen MR) is 63.5 cm³/mol. The van der Waals surface area contributed by atoms with E-state index >= 15 is 0 Å². The smallest absolute Gasteiger partial charge is 0.125 e. The highest BCUT2D eigenvalue weighted by molar-refractivity contribution is 5.09. The SMILES string of the molecule is Cc1ncc(C(CN)OC2CCOCC2)cn1. The third-order valence-electron chi connectivity index (χ3n) is 2.91. The normalized spacial score (nSPS) is 19.2. The lowest BCUT2D eigenvalue weighted by Gasteiger charge is -2.27. The maximum atomic E-state index is 5.98. The minimum absolute atomic E-state index is 0.112. The lowest BCUT2D eigenvalue weighted by atomic mass is 10.1. The molecule has 2 heterocycles. The summed E-state index contributed by atoms with van der Waals surface area (Å²) in [6.07, 6.45) is 5.57. The summed E-state index contributed by atoms with van der Waals surface area (Å²) in [5.74, 6) is 0.760. The molecule has 1 unspecified atom stereocenters. The minimum Gasteiger partial charge on any atom is -0.381 e. The van der Waals surface area contributed by atoms with E-state index in [2.05, 4.69) is 9.97 Å². The molecule has 0 spiro atoms. The summed E-state index contributed by atoms with van der Waals surface area (Å²) in [6.45, 7) is 3.85. The molecular formula is C12H19N3O2. The van der Waals surface area contributed by atoms with E-state index in [1.807, 2.05) is 6.92 Å². The number of aryl methyl sites for hydroxylation is 1. The molecule has 1 saturated heterocycles. The first kappa shape index (κ1) is 12.4. The third-order valence-corrected chi connectivity index (χ3v) is 2.91. The van der Waals surface area contributed by atoms with Crippen molar-refractivity contribution >= 4 is 0 Å². The van der Waals surface area contributed by atoms with Gasteiger partial charge in [-0.3, -0.25) is 0 Å². The maximum Gasteiger partial charge on any atom is 0.125 e. The monoisotopic (exact) mass is 237 g/mol. The molecular weight excluding hydrogens is 218 g/mol. The molecule has 5 heteroatoms. The summed E-state index contributed by atoms with van der Waals surface area (Å²) in [5.41, 5.74) is 6.70. The molecule has 1 aliphatic rings. The molecule has 1 aromatic rings. The third kappa shape index (κ3) is 3.46. The van der Waals surface area contributed by atoms with Gasteiger partial charge in [0, 0.05) is 37.7 Å². The first-order valence-electron chi connectivity index (χ1n) is 6.01. The number of nitrogens with two attached hydrogens (primary N) is 1. The highest BCUT2D eigenvalue weighted by Crippen LogP contribution is 2.21. The van der Waals surface area contributed by atoms with Gasteiger partial charge in [-0.1, -0.05) is 0 Å². The van der Waals surface area contributed by atoms with Crippen LogP contribution in [-0.4, -0.2) is 35.8 Å². The van der Waals surface area contributed by atoms with Crippen LogP contribution in [0.25, 0.3) is 0 Å². The molecule has 0 aliphatic carbocycles. The highest BCUT2D eigenvalue weighted by atomic mass is 16.5. The van der Waals surface area contributed by atoms with Gasteiger partial charge in [-0.25, -0.2) is 9.97 Å². The van der Waals surface area contributed by atoms with Crippen molar-refractivity contribution in [2.75, 3.05) is 19.8 Å². The Bertz CT molecular complexity index is 336. The number of aromatic nitrogens is 2. The van der Waals surface area contributed by atoms with Gasteiger partial charge in [-0.2, -0.15) is 0 Å². The molecule has 1 fully saturated rings. The van der Waals surface area contributed by atoms with Crippen molar-refractivity contribution in [3.8, 4) is 0 Å². The van der Waals surface area contributed by atoms with E-state index in [0.29, 0.717) is 6.54 Å². The summed E-state index contributed by atoms with van der Waals surface area (Å²) in [7, 11) is 0. The quantitative estimate of drug-likeness (QED) is 0.845. The Balaban J connectivity index is 1.97. The molecule has 0 saturated carbocycles. The summed E-state index contributed by atoms with van der Waals surface area (Å²) < 4.78 is 11.3. The molecule has 0 bridgehead atoms. The Hall–Kier alpha value is -1.04. The molecule has 2 N–H and O–H groups in total. The van der Waals surface area contributed by atoms with Crippen LogP contribution in [0.3, 0.4) is 0 Å². The van der Waals surface area contributed by atoms with E-state index in [-0.39, 0.29) is 12.2 Å². The Morgan fingerprint density at radius 3 is 2.65 bits per heavy atom. The number of ether oxygens (including phenoxy) is 2. The lowest BCUT2D eigenvalue weighted by Crippen LogP contribution is -2.28. The predicted octanol–water partition coefficient (Wildman–Crippen LogP) is 0.980. The second-order valence-corrected chi connectivity index (χ2v) is 4.24. The summed E-state index contributed by atoms with van der Waals surface area (Å²) in [5, 5.41) is 0. The average Bonchev–Trinajstić information content (AvgIpc) is 2.38. The van der Waals surface area contributed by atoms with Crippen molar-refractivity contribution in [2.24, 2.45) is 5.73 Å². The fourth-order valence-corrected chi connectivity index (χ4v) is 1.88. The number of nitrogens with zero attached hydrogens (tertiary/aromatic N) is 2. The molecule has 0 amide bonds. The molecule has 1 aromatic heterocycles. The van der Waals surface area contributed by atoms with E-state index in [1.54, 1.807) is 12.4 Å². The van der Waals surface area contributed by atoms with Gasteiger partial charge in [0.15, 0.2) is 0 Å². The van der Waals surface area contributed by atoms with Gasteiger partial charge in [-0.15, -0.1) is 0 Å². The van der Waals surface area contributed by atoms with E-state index in [0.717, 1.165) is 37.4 Å². The standard InChI is InChI=1S/C12H19N3O2/c1-9-14-7-10(8-15-9)12(6-13)17-11-2-4-16-5-3-11/h7-8,11-12H,2-6,13H2,1H3. The lowest BCUT2D eigenvalue weighted by molar-refractivity contribution is -0.0667. The summed E-state index contributed by atoms with van der Waals surface area (Å²) >= 11 is 0. The van der Waals surface area contributed by atoms with Crippen molar-refractivity contribution in [2.45, 2.75) is 32.0 Å². The van der Waals surface area contributed by atoms with E-state index in [9.17, 15) is 0 Å². The Morgan fingerprint density at radius 1 is 1.41 bits per heavy atom. The van der Waals surface area contributed by atoms with Crippen molar-refractivity contribution in [3.63, 3.8) is 0 Å². The van der Waals surface area contributed by atoms with Crippen LogP contribution < -0.4 is 5.73 Å². The van der Waals surface area contributed by atoms with Gasteiger partial charge in [0.25, 0.3) is 0 Å². The zero-order valence-corrected chi connectivity index (χ0v) is 10.1. The molecule has 5 nitrogen and oxygen atoms in total. The zero-order valence-electron chi connectivity index (χ0n) is 10.1. The Labute approximate surface area is 101 Å². The van der Waals surface area contributed by atoms with Crippen LogP contribution >= 0.6 is 0 Å². The average molecular weight is 237 g/mol. The van der Waals surface area contributed by atoms with E-state index in [1.165, 1.54) is 0 Å². The number of hydrogen-bond acceptors (Lipinski definition) is 5. The Morgan fingerprint density at radius 2 is 2.06 bits per heavy atom. The molecule has 0 aromatic carbocycles. The molecule has 1 aliphatic heterocycles. The highest BCUT2D eigenvalue weighted by Gasteiger charge is 2.20. The summed E-state index contributed by atoms with van der Waals surface area (Å²) in [6, 6.07) is 0. The first-order valence-corrected chi connectivity index (χ1v) is 6.01. The minimum atomic E-state index is -0.112. The molecule has 17 heavy (non-hydrogen) atoms. The van der Waals surface area contributed by atoms with Gasteiger partial charge in [0.1, 0.15) is 5.82 Å². The van der Waals surface area contributed by atoms with Crippen molar-refractivity contribution < 1.29 is 9.47 Å². The second-order valence-electron chi connectivity index (χ2n) is 4.24. The van der Waals surface area contributed by atoms with Gasteiger partial charge < -0.3 is 15.2 Å². The maximum absolute atomic E-state index is 5.98. The molecule has 94 valence electrons. The van der Waals surface area contributed by atoms with Crippen LogP contribution in [0, 0.1) is 6.92 Å².